The Morgan fingerprint density at radius 1 is 1.03 bits per heavy atom. The molecule has 1 aromatic rings. The molecule has 0 spiro atoms. The summed E-state index contributed by atoms with van der Waals surface area (Å²) in [5.41, 5.74) is -1.91. The van der Waals surface area contributed by atoms with Gasteiger partial charge in [0.1, 0.15) is 0 Å². The van der Waals surface area contributed by atoms with Crippen LogP contribution in [0.25, 0.3) is 0 Å². The number of hydrogen-bond acceptors (Lipinski definition) is 4. The average molecular weight is 435 g/mol. The molecule has 1 unspecified atom stereocenters. The Morgan fingerprint density at radius 3 is 2.35 bits per heavy atom. The molecule has 0 fully saturated rings. The normalized spacial score (nSPS) is 12.9. The summed E-state index contributed by atoms with van der Waals surface area (Å²) in [5.74, 6) is -1.55. The molecule has 0 radical (unpaired) electrons. The van der Waals surface area contributed by atoms with E-state index in [0.717, 1.165) is 62.1 Å². The van der Waals surface area contributed by atoms with Crippen molar-refractivity contribution in [2.45, 2.75) is 84.3 Å². The molecule has 0 aliphatic carbocycles. The molecule has 1 rings (SSSR count). The van der Waals surface area contributed by atoms with Crippen molar-refractivity contribution in [1.82, 2.24) is 9.55 Å². The van der Waals surface area contributed by atoms with Crippen LogP contribution >= 0.6 is 0 Å². The summed E-state index contributed by atoms with van der Waals surface area (Å²) in [7, 11) is 0. The Balaban J connectivity index is 2.09. The molecule has 1 atom stereocenters. The topological polar surface area (TPSA) is 81.2 Å². The fraction of sp³-hybridized carbons (Fsp3) is 0.542. The standard InChI is InChI=1S/C24H35FN2O4/c1-3-4-5-6-7-8-9-10-11-12-13-14-15-16-17-18-22(28)31-20(2)27-19-21(25)23(29)26-24(27)30/h4-5,7-8,10-11,19-20H,3,6,9,12-18H2,1-2H3,(H,26,29,30). The zero-order valence-corrected chi connectivity index (χ0v) is 18.6. The van der Waals surface area contributed by atoms with E-state index in [2.05, 4.69) is 43.4 Å². The number of unbranched alkanes of at least 4 members (excludes halogenated alkanes) is 5. The first-order valence-corrected chi connectivity index (χ1v) is 11.1. The monoisotopic (exact) mass is 434 g/mol. The van der Waals surface area contributed by atoms with Crippen molar-refractivity contribution in [3.05, 3.63) is 69.3 Å². The van der Waals surface area contributed by atoms with E-state index < -0.39 is 29.3 Å². The average Bonchev–Trinajstić information content (AvgIpc) is 2.73. The van der Waals surface area contributed by atoms with Crippen LogP contribution in [0.2, 0.25) is 0 Å². The van der Waals surface area contributed by atoms with Gasteiger partial charge in [0, 0.05) is 6.42 Å². The van der Waals surface area contributed by atoms with Gasteiger partial charge in [-0.3, -0.25) is 19.1 Å². The first-order valence-electron chi connectivity index (χ1n) is 11.1. The van der Waals surface area contributed by atoms with Crippen molar-refractivity contribution >= 4 is 5.97 Å². The second-order valence-corrected chi connectivity index (χ2v) is 7.33. The lowest BCUT2D eigenvalue weighted by Crippen LogP contribution is -2.34. The molecule has 0 saturated carbocycles. The first-order chi connectivity index (χ1) is 15.0. The molecule has 1 aromatic heterocycles. The Morgan fingerprint density at radius 2 is 1.65 bits per heavy atom. The lowest BCUT2D eigenvalue weighted by atomic mass is 10.1. The second-order valence-electron chi connectivity index (χ2n) is 7.33. The quantitative estimate of drug-likeness (QED) is 0.230. The number of halogens is 1. The zero-order chi connectivity index (χ0) is 22.9. The van der Waals surface area contributed by atoms with Gasteiger partial charge in [-0.1, -0.05) is 62.6 Å². The predicted molar refractivity (Wildman–Crippen MR) is 121 cm³/mol. The molecule has 0 aliphatic rings. The summed E-state index contributed by atoms with van der Waals surface area (Å²) in [6.07, 6.45) is 22.1. The van der Waals surface area contributed by atoms with Gasteiger partial charge in [0.2, 0.25) is 5.82 Å². The Hall–Kier alpha value is -2.70. The van der Waals surface area contributed by atoms with E-state index in [1.807, 2.05) is 4.98 Å². The van der Waals surface area contributed by atoms with Crippen molar-refractivity contribution in [3.8, 4) is 0 Å². The minimum atomic E-state index is -1.10. The number of esters is 1. The van der Waals surface area contributed by atoms with E-state index in [1.165, 1.54) is 6.92 Å². The molecule has 0 bridgehead atoms. The highest BCUT2D eigenvalue weighted by Gasteiger charge is 2.14. The van der Waals surface area contributed by atoms with Crippen molar-refractivity contribution in [2.24, 2.45) is 0 Å². The van der Waals surface area contributed by atoms with E-state index in [4.69, 9.17) is 4.74 Å². The van der Waals surface area contributed by atoms with Gasteiger partial charge in [-0.2, -0.15) is 4.39 Å². The third-order valence-corrected chi connectivity index (χ3v) is 4.65. The van der Waals surface area contributed by atoms with Gasteiger partial charge in [0.25, 0.3) is 5.56 Å². The van der Waals surface area contributed by atoms with Crippen LogP contribution in [0.15, 0.2) is 52.2 Å². The van der Waals surface area contributed by atoms with Crippen LogP contribution < -0.4 is 11.2 Å². The summed E-state index contributed by atoms with van der Waals surface area (Å²) in [5, 5.41) is 0. The molecular weight excluding hydrogens is 399 g/mol. The SMILES string of the molecule is CCC=CCC=CCC=CCCCCCCCC(=O)OC(C)n1cc(F)c(=O)[nH]c1=O. The molecule has 1 heterocycles. The van der Waals surface area contributed by atoms with Gasteiger partial charge in [0.05, 0.1) is 6.20 Å². The van der Waals surface area contributed by atoms with Crippen molar-refractivity contribution < 1.29 is 13.9 Å². The summed E-state index contributed by atoms with van der Waals surface area (Å²) >= 11 is 0. The van der Waals surface area contributed by atoms with E-state index in [0.29, 0.717) is 6.42 Å². The van der Waals surface area contributed by atoms with Gasteiger partial charge in [0.15, 0.2) is 6.23 Å². The van der Waals surface area contributed by atoms with E-state index in [1.54, 1.807) is 0 Å². The van der Waals surface area contributed by atoms with Gasteiger partial charge in [-0.25, -0.2) is 4.79 Å². The largest absolute Gasteiger partial charge is 0.441 e. The summed E-state index contributed by atoms with van der Waals surface area (Å²) in [6.45, 7) is 3.58. The Kier molecular flexibility index (Phi) is 13.6. The maximum absolute atomic E-state index is 13.3. The second kappa shape index (κ2) is 16.1. The van der Waals surface area contributed by atoms with Crippen molar-refractivity contribution in [2.75, 3.05) is 0 Å². The number of carbonyl (C=O) groups excluding carboxylic acids is 1. The number of allylic oxidation sites excluding steroid dienone is 6. The molecule has 31 heavy (non-hydrogen) atoms. The fourth-order valence-corrected chi connectivity index (χ4v) is 2.93. The van der Waals surface area contributed by atoms with Crippen LogP contribution in [-0.4, -0.2) is 15.5 Å². The minimum Gasteiger partial charge on any atom is -0.441 e. The number of aromatic amines is 1. The molecule has 6 nitrogen and oxygen atoms in total. The number of carbonyl (C=O) groups is 1. The Bertz CT molecular complexity index is 852. The van der Waals surface area contributed by atoms with E-state index in [9.17, 15) is 18.8 Å². The van der Waals surface area contributed by atoms with Crippen LogP contribution in [0.3, 0.4) is 0 Å². The van der Waals surface area contributed by atoms with Gasteiger partial charge < -0.3 is 4.74 Å². The molecule has 1 N–H and O–H groups in total. The number of aromatic nitrogens is 2. The molecule has 0 aromatic carbocycles. The lowest BCUT2D eigenvalue weighted by Gasteiger charge is -2.15. The first kappa shape index (κ1) is 26.3. The molecular formula is C24H35FN2O4. The molecule has 7 heteroatoms. The maximum atomic E-state index is 13.3. The van der Waals surface area contributed by atoms with Crippen molar-refractivity contribution in [3.63, 3.8) is 0 Å². The van der Waals surface area contributed by atoms with Gasteiger partial charge in [-0.15, -0.1) is 0 Å². The number of H-pyrrole nitrogens is 1. The highest BCUT2D eigenvalue weighted by atomic mass is 19.1. The zero-order valence-electron chi connectivity index (χ0n) is 18.6. The number of ether oxygens (including phenoxy) is 1. The highest BCUT2D eigenvalue weighted by Crippen LogP contribution is 2.11. The van der Waals surface area contributed by atoms with Crippen LogP contribution in [0.4, 0.5) is 4.39 Å². The summed E-state index contributed by atoms with van der Waals surface area (Å²) in [4.78, 5) is 36.4. The fourth-order valence-electron chi connectivity index (χ4n) is 2.93. The molecule has 172 valence electrons. The highest BCUT2D eigenvalue weighted by molar-refractivity contribution is 5.69. The third-order valence-electron chi connectivity index (χ3n) is 4.65. The minimum absolute atomic E-state index is 0.241. The Labute approximate surface area is 183 Å². The molecule has 0 aliphatic heterocycles. The van der Waals surface area contributed by atoms with Crippen LogP contribution in [0, 0.1) is 5.82 Å². The predicted octanol–water partition coefficient (Wildman–Crippen LogP) is 5.33. The smallest absolute Gasteiger partial charge is 0.331 e. The maximum Gasteiger partial charge on any atom is 0.331 e. The third kappa shape index (κ3) is 11.9. The molecule has 0 amide bonds. The number of hydrogen-bond donors (Lipinski definition) is 1. The molecule has 0 saturated heterocycles. The number of nitrogens with one attached hydrogen (secondary N) is 1. The van der Waals surface area contributed by atoms with E-state index in [-0.39, 0.29) is 6.42 Å². The summed E-state index contributed by atoms with van der Waals surface area (Å²) in [6, 6.07) is 0. The lowest BCUT2D eigenvalue weighted by molar-refractivity contribution is -0.153. The number of rotatable bonds is 15. The van der Waals surface area contributed by atoms with Crippen LogP contribution in [0.1, 0.15) is 84.3 Å². The van der Waals surface area contributed by atoms with Crippen LogP contribution in [-0.2, 0) is 9.53 Å². The summed E-state index contributed by atoms with van der Waals surface area (Å²) < 4.78 is 19.3. The number of nitrogens with zero attached hydrogens (tertiary/aromatic N) is 1. The van der Waals surface area contributed by atoms with E-state index >= 15 is 0 Å². The van der Waals surface area contributed by atoms with Gasteiger partial charge in [-0.05, 0) is 45.4 Å². The van der Waals surface area contributed by atoms with Gasteiger partial charge >= 0.3 is 11.7 Å². The van der Waals surface area contributed by atoms with Crippen LogP contribution in [0.5, 0.6) is 0 Å². The van der Waals surface area contributed by atoms with Crippen molar-refractivity contribution in [1.29, 1.82) is 0 Å².